The summed E-state index contributed by atoms with van der Waals surface area (Å²) < 4.78 is 4.73. The van der Waals surface area contributed by atoms with Crippen molar-refractivity contribution < 1.29 is 9.53 Å². The van der Waals surface area contributed by atoms with Crippen molar-refractivity contribution in [3.63, 3.8) is 0 Å². The Morgan fingerprint density at radius 3 is 2.56 bits per heavy atom. The SMILES string of the molecule is COCC[C](C)C(N)=O. The fraction of sp³-hybridized carbons (Fsp3) is 0.667. The molecule has 0 saturated heterocycles. The minimum absolute atomic E-state index is 0.341. The van der Waals surface area contributed by atoms with Crippen LogP contribution < -0.4 is 5.73 Å². The largest absolute Gasteiger partial charge is 0.385 e. The molecule has 53 valence electrons. The summed E-state index contributed by atoms with van der Waals surface area (Å²) in [6, 6.07) is 0. The average Bonchev–Trinajstić information content (AvgIpc) is 1.82. The van der Waals surface area contributed by atoms with Gasteiger partial charge in [-0.2, -0.15) is 0 Å². The summed E-state index contributed by atoms with van der Waals surface area (Å²) in [5.74, 6) is 0.323. The Bertz CT molecular complexity index is 93.1. The highest BCUT2D eigenvalue weighted by atomic mass is 16.5. The molecule has 0 bridgehead atoms. The highest BCUT2D eigenvalue weighted by Crippen LogP contribution is 2.01. The molecular formula is C6H12NO2. The number of carbonyl (C=O) groups excluding carboxylic acids is 1. The molecule has 2 N–H and O–H groups in total. The van der Waals surface area contributed by atoms with E-state index in [0.717, 1.165) is 0 Å². The third-order valence-electron chi connectivity index (χ3n) is 1.10. The van der Waals surface area contributed by atoms with Crippen LogP contribution in [0.3, 0.4) is 0 Å². The van der Waals surface area contributed by atoms with Crippen molar-refractivity contribution in [2.24, 2.45) is 5.73 Å². The van der Waals surface area contributed by atoms with Crippen LogP contribution in [0.4, 0.5) is 0 Å². The predicted molar refractivity (Wildman–Crippen MR) is 34.6 cm³/mol. The van der Waals surface area contributed by atoms with Crippen LogP contribution in [-0.2, 0) is 9.53 Å². The topological polar surface area (TPSA) is 52.3 Å². The van der Waals surface area contributed by atoms with Gasteiger partial charge in [0.05, 0.1) is 5.92 Å². The van der Waals surface area contributed by atoms with E-state index in [1.165, 1.54) is 0 Å². The van der Waals surface area contributed by atoms with Gasteiger partial charge in [0.25, 0.3) is 0 Å². The van der Waals surface area contributed by atoms with Crippen molar-refractivity contribution in [3.8, 4) is 0 Å². The Morgan fingerprint density at radius 2 is 2.22 bits per heavy atom. The lowest BCUT2D eigenvalue weighted by Gasteiger charge is -2.02. The van der Waals surface area contributed by atoms with E-state index in [4.69, 9.17) is 10.5 Å². The summed E-state index contributed by atoms with van der Waals surface area (Å²) in [5, 5.41) is 0. The van der Waals surface area contributed by atoms with Crippen LogP contribution >= 0.6 is 0 Å². The Kier molecular flexibility index (Phi) is 4.05. The smallest absolute Gasteiger partial charge is 0.224 e. The third kappa shape index (κ3) is 3.97. The van der Waals surface area contributed by atoms with E-state index in [1.54, 1.807) is 14.0 Å². The van der Waals surface area contributed by atoms with E-state index in [1.807, 2.05) is 0 Å². The van der Waals surface area contributed by atoms with E-state index < -0.39 is 0 Å². The van der Waals surface area contributed by atoms with E-state index in [-0.39, 0.29) is 5.91 Å². The second kappa shape index (κ2) is 4.32. The molecule has 0 atom stereocenters. The first-order valence-electron chi connectivity index (χ1n) is 2.79. The minimum Gasteiger partial charge on any atom is -0.385 e. The molecule has 0 aromatic rings. The second-order valence-corrected chi connectivity index (χ2v) is 1.89. The molecule has 9 heavy (non-hydrogen) atoms. The molecule has 0 aliphatic carbocycles. The van der Waals surface area contributed by atoms with Gasteiger partial charge in [0.1, 0.15) is 0 Å². The Hall–Kier alpha value is -0.570. The average molecular weight is 130 g/mol. The fourth-order valence-corrected chi connectivity index (χ4v) is 0.378. The monoisotopic (exact) mass is 130 g/mol. The van der Waals surface area contributed by atoms with E-state index in [9.17, 15) is 4.79 Å². The summed E-state index contributed by atoms with van der Waals surface area (Å²) in [7, 11) is 1.59. The Labute approximate surface area is 55.2 Å². The molecule has 0 aliphatic rings. The van der Waals surface area contributed by atoms with E-state index in [2.05, 4.69) is 0 Å². The normalized spacial score (nSPS) is 10.1. The highest BCUT2D eigenvalue weighted by Gasteiger charge is 2.07. The van der Waals surface area contributed by atoms with Crippen LogP contribution in [-0.4, -0.2) is 19.6 Å². The molecule has 0 fully saturated rings. The van der Waals surface area contributed by atoms with Crippen LogP contribution in [0.15, 0.2) is 0 Å². The number of hydrogen-bond acceptors (Lipinski definition) is 2. The third-order valence-corrected chi connectivity index (χ3v) is 1.10. The van der Waals surface area contributed by atoms with Gasteiger partial charge in [-0.1, -0.05) is 0 Å². The molecule has 0 rings (SSSR count). The number of nitrogens with two attached hydrogens (primary N) is 1. The van der Waals surface area contributed by atoms with Crippen LogP contribution in [0, 0.1) is 5.92 Å². The van der Waals surface area contributed by atoms with E-state index in [0.29, 0.717) is 18.9 Å². The van der Waals surface area contributed by atoms with Crippen LogP contribution in [0.5, 0.6) is 0 Å². The van der Waals surface area contributed by atoms with Gasteiger partial charge >= 0.3 is 0 Å². The molecule has 0 heterocycles. The standard InChI is InChI=1S/C6H12NO2/c1-5(6(7)8)3-4-9-2/h3-4H2,1-2H3,(H2,7,8). The van der Waals surface area contributed by atoms with Gasteiger partial charge in [0.15, 0.2) is 0 Å². The maximum Gasteiger partial charge on any atom is 0.224 e. The van der Waals surface area contributed by atoms with Gasteiger partial charge in [-0.15, -0.1) is 0 Å². The maximum atomic E-state index is 10.3. The second-order valence-electron chi connectivity index (χ2n) is 1.89. The summed E-state index contributed by atoms with van der Waals surface area (Å²) >= 11 is 0. The zero-order valence-corrected chi connectivity index (χ0v) is 5.81. The van der Waals surface area contributed by atoms with Crippen LogP contribution in [0.25, 0.3) is 0 Å². The first-order chi connectivity index (χ1) is 4.18. The lowest BCUT2D eigenvalue weighted by atomic mass is 10.1. The summed E-state index contributed by atoms with van der Waals surface area (Å²) in [5.41, 5.74) is 4.95. The molecule has 0 saturated carbocycles. The van der Waals surface area contributed by atoms with Crippen molar-refractivity contribution in [1.29, 1.82) is 0 Å². The molecule has 3 heteroatoms. The van der Waals surface area contributed by atoms with Crippen molar-refractivity contribution in [3.05, 3.63) is 5.92 Å². The van der Waals surface area contributed by atoms with Crippen LogP contribution in [0.1, 0.15) is 13.3 Å². The number of rotatable bonds is 4. The number of carbonyl (C=O) groups is 1. The number of hydrogen-bond donors (Lipinski definition) is 1. The zero-order valence-electron chi connectivity index (χ0n) is 5.81. The van der Waals surface area contributed by atoms with Gasteiger partial charge in [-0.3, -0.25) is 4.79 Å². The van der Waals surface area contributed by atoms with Crippen LogP contribution in [0.2, 0.25) is 0 Å². The summed E-state index contributed by atoms with van der Waals surface area (Å²) in [4.78, 5) is 10.3. The molecule has 0 aliphatic heterocycles. The quantitative estimate of drug-likeness (QED) is 0.587. The van der Waals surface area contributed by atoms with Gasteiger partial charge in [-0.05, 0) is 13.3 Å². The van der Waals surface area contributed by atoms with Gasteiger partial charge < -0.3 is 10.5 Å². The van der Waals surface area contributed by atoms with Crippen molar-refractivity contribution in [2.75, 3.05) is 13.7 Å². The van der Waals surface area contributed by atoms with Gasteiger partial charge in [0.2, 0.25) is 5.91 Å². The maximum absolute atomic E-state index is 10.3. The van der Waals surface area contributed by atoms with Crippen molar-refractivity contribution >= 4 is 5.91 Å². The lowest BCUT2D eigenvalue weighted by Crippen LogP contribution is -2.19. The minimum atomic E-state index is -0.341. The van der Waals surface area contributed by atoms with Gasteiger partial charge in [-0.25, -0.2) is 0 Å². The summed E-state index contributed by atoms with van der Waals surface area (Å²) in [6.07, 6.45) is 0.631. The molecule has 0 aromatic heterocycles. The molecule has 0 unspecified atom stereocenters. The molecular weight excluding hydrogens is 118 g/mol. The fourth-order valence-electron chi connectivity index (χ4n) is 0.378. The van der Waals surface area contributed by atoms with Crippen molar-refractivity contribution in [1.82, 2.24) is 0 Å². The first kappa shape index (κ1) is 8.43. The molecule has 0 spiro atoms. The zero-order chi connectivity index (χ0) is 7.28. The number of amides is 1. The van der Waals surface area contributed by atoms with E-state index >= 15 is 0 Å². The Morgan fingerprint density at radius 1 is 1.67 bits per heavy atom. The Balaban J connectivity index is 3.27. The molecule has 1 radical (unpaired) electrons. The molecule has 1 amide bonds. The molecule has 0 aromatic carbocycles. The lowest BCUT2D eigenvalue weighted by molar-refractivity contribution is -0.116. The number of primary amides is 1. The summed E-state index contributed by atoms with van der Waals surface area (Å²) in [6.45, 7) is 2.27. The van der Waals surface area contributed by atoms with Crippen molar-refractivity contribution in [2.45, 2.75) is 13.3 Å². The number of methoxy groups -OCH3 is 1. The van der Waals surface area contributed by atoms with Gasteiger partial charge in [0, 0.05) is 13.7 Å². The number of ether oxygens (including phenoxy) is 1. The first-order valence-corrected chi connectivity index (χ1v) is 2.79. The predicted octanol–water partition coefficient (Wildman–Crippen LogP) is 0.103. The highest BCUT2D eigenvalue weighted by molar-refractivity contribution is 5.87. The molecule has 3 nitrogen and oxygen atoms in total.